The average Bonchev–Trinajstić information content (AvgIpc) is 2.59. The molecule has 0 radical (unpaired) electrons. The Labute approximate surface area is 136 Å². The highest BCUT2D eigenvalue weighted by molar-refractivity contribution is 5.95. The van der Waals surface area contributed by atoms with E-state index in [2.05, 4.69) is 13.0 Å². The zero-order valence-corrected chi connectivity index (χ0v) is 13.3. The Morgan fingerprint density at radius 2 is 1.96 bits per heavy atom. The highest BCUT2D eigenvalue weighted by Crippen LogP contribution is 2.31. The minimum absolute atomic E-state index is 0.0630. The van der Waals surface area contributed by atoms with Crippen LogP contribution in [0.25, 0.3) is 0 Å². The molecule has 3 rings (SSSR count). The molecule has 0 fully saturated rings. The molecular formula is C20H21FO2. The Kier molecular flexibility index (Phi) is 4.75. The van der Waals surface area contributed by atoms with Gasteiger partial charge < -0.3 is 4.74 Å². The number of fused-ring (bicyclic) bond motifs is 1. The van der Waals surface area contributed by atoms with E-state index in [1.807, 2.05) is 18.2 Å². The fourth-order valence-electron chi connectivity index (χ4n) is 3.07. The van der Waals surface area contributed by atoms with Crippen LogP contribution >= 0.6 is 0 Å². The number of hydrogen-bond acceptors (Lipinski definition) is 2. The second-order valence-corrected chi connectivity index (χ2v) is 6.25. The van der Waals surface area contributed by atoms with Crippen LogP contribution in [-0.2, 0) is 6.42 Å². The summed E-state index contributed by atoms with van der Waals surface area (Å²) in [5.74, 6) is 1.03. The molecule has 2 aromatic rings. The highest BCUT2D eigenvalue weighted by Gasteiger charge is 2.25. The van der Waals surface area contributed by atoms with Crippen molar-refractivity contribution in [2.75, 3.05) is 0 Å². The smallest absolute Gasteiger partial charge is 0.162 e. The number of ketones is 1. The molecule has 2 nitrogen and oxygen atoms in total. The predicted octanol–water partition coefficient (Wildman–Crippen LogP) is 4.82. The first-order valence-corrected chi connectivity index (χ1v) is 8.17. The fraction of sp³-hybridized carbons (Fsp3) is 0.350. The zero-order valence-electron chi connectivity index (χ0n) is 13.3. The van der Waals surface area contributed by atoms with E-state index >= 15 is 0 Å². The molecular weight excluding hydrogens is 291 g/mol. The lowest BCUT2D eigenvalue weighted by Gasteiger charge is -2.30. The molecule has 0 saturated carbocycles. The fourth-order valence-corrected chi connectivity index (χ4v) is 3.07. The molecule has 1 aliphatic rings. The van der Waals surface area contributed by atoms with E-state index in [-0.39, 0.29) is 17.7 Å². The van der Waals surface area contributed by atoms with Crippen molar-refractivity contribution in [2.45, 2.75) is 38.7 Å². The summed E-state index contributed by atoms with van der Waals surface area (Å²) in [6.07, 6.45) is 3.42. The summed E-state index contributed by atoms with van der Waals surface area (Å²) in [5, 5.41) is 0. The molecule has 120 valence electrons. The summed E-state index contributed by atoms with van der Waals surface area (Å²) in [6.45, 7) is 2.14. The molecule has 1 aliphatic heterocycles. The lowest BCUT2D eigenvalue weighted by Crippen LogP contribution is -2.29. The maximum atomic E-state index is 12.9. The summed E-state index contributed by atoms with van der Waals surface area (Å²) in [5.41, 5.74) is 1.84. The van der Waals surface area contributed by atoms with Crippen LogP contribution < -0.4 is 4.74 Å². The second-order valence-electron chi connectivity index (χ2n) is 6.25. The van der Waals surface area contributed by atoms with Gasteiger partial charge in [0.1, 0.15) is 17.7 Å². The first kappa shape index (κ1) is 15.7. The van der Waals surface area contributed by atoms with Crippen molar-refractivity contribution in [3.05, 3.63) is 65.5 Å². The maximum Gasteiger partial charge on any atom is 0.162 e. The van der Waals surface area contributed by atoms with Gasteiger partial charge in [-0.1, -0.05) is 25.1 Å². The molecule has 0 aromatic heterocycles. The van der Waals surface area contributed by atoms with Crippen molar-refractivity contribution in [2.24, 2.45) is 5.92 Å². The number of halogens is 1. The molecule has 2 unspecified atom stereocenters. The number of aryl methyl sites for hydroxylation is 1. The average molecular weight is 312 g/mol. The molecule has 0 spiro atoms. The second kappa shape index (κ2) is 6.95. The third kappa shape index (κ3) is 3.79. The van der Waals surface area contributed by atoms with Gasteiger partial charge in [0.2, 0.25) is 0 Å². The predicted molar refractivity (Wildman–Crippen MR) is 88.3 cm³/mol. The van der Waals surface area contributed by atoms with Gasteiger partial charge in [-0.15, -0.1) is 0 Å². The normalized spacial score (nSPS) is 17.9. The van der Waals surface area contributed by atoms with Crippen LogP contribution in [0.2, 0.25) is 0 Å². The Morgan fingerprint density at radius 1 is 1.22 bits per heavy atom. The third-order valence-corrected chi connectivity index (χ3v) is 4.58. The minimum atomic E-state index is -0.316. The molecule has 0 N–H and O–H groups in total. The maximum absolute atomic E-state index is 12.9. The minimum Gasteiger partial charge on any atom is -0.490 e. The van der Waals surface area contributed by atoms with Crippen LogP contribution in [0.1, 0.15) is 42.1 Å². The highest BCUT2D eigenvalue weighted by atomic mass is 19.1. The van der Waals surface area contributed by atoms with Crippen LogP contribution in [0.3, 0.4) is 0 Å². The van der Waals surface area contributed by atoms with Gasteiger partial charge in [-0.3, -0.25) is 4.79 Å². The van der Waals surface area contributed by atoms with Crippen LogP contribution in [0.15, 0.2) is 48.5 Å². The number of carbonyl (C=O) groups excluding carboxylic acids is 1. The topological polar surface area (TPSA) is 26.3 Å². The molecule has 2 atom stereocenters. The van der Waals surface area contributed by atoms with Gasteiger partial charge in [-0.05, 0) is 61.1 Å². The molecule has 0 saturated heterocycles. The van der Waals surface area contributed by atoms with Crippen molar-refractivity contribution in [3.63, 3.8) is 0 Å². The van der Waals surface area contributed by atoms with Gasteiger partial charge >= 0.3 is 0 Å². The largest absolute Gasteiger partial charge is 0.490 e. The van der Waals surface area contributed by atoms with E-state index in [1.165, 1.54) is 17.7 Å². The molecule has 0 amide bonds. The first-order valence-electron chi connectivity index (χ1n) is 8.17. The van der Waals surface area contributed by atoms with Gasteiger partial charge in [0, 0.05) is 12.0 Å². The van der Waals surface area contributed by atoms with Crippen LogP contribution in [0, 0.1) is 11.7 Å². The number of Topliss-reactive ketones (excluding diaryl/α,β-unsaturated/α-hetero) is 1. The number of hydrogen-bond donors (Lipinski definition) is 0. The molecule has 1 heterocycles. The number of rotatable bonds is 5. The van der Waals surface area contributed by atoms with Crippen molar-refractivity contribution in [1.29, 1.82) is 0 Å². The summed E-state index contributed by atoms with van der Waals surface area (Å²) >= 11 is 0. The van der Waals surface area contributed by atoms with Gasteiger partial charge in [-0.25, -0.2) is 4.39 Å². The van der Waals surface area contributed by atoms with E-state index in [0.29, 0.717) is 17.9 Å². The summed E-state index contributed by atoms with van der Waals surface area (Å²) in [6, 6.07) is 13.9. The van der Waals surface area contributed by atoms with Crippen LogP contribution in [0.5, 0.6) is 5.75 Å². The summed E-state index contributed by atoms with van der Waals surface area (Å²) in [4.78, 5) is 12.2. The molecule has 0 bridgehead atoms. The van der Waals surface area contributed by atoms with Gasteiger partial charge in [0.25, 0.3) is 0 Å². The Balaban J connectivity index is 1.55. The molecule has 0 aliphatic carbocycles. The molecule has 2 aromatic carbocycles. The standard InChI is InChI=1S/C20H21FO2/c1-14(6-12-18(22)15-7-10-17(21)11-8-15)19-13-9-16-4-2-3-5-20(16)23-19/h2-5,7-8,10-11,14,19H,6,9,12-13H2,1H3. The Bertz CT molecular complexity index is 678. The number of ether oxygens (including phenoxy) is 1. The Morgan fingerprint density at radius 3 is 2.74 bits per heavy atom. The van der Waals surface area contributed by atoms with E-state index < -0.39 is 0 Å². The summed E-state index contributed by atoms with van der Waals surface area (Å²) < 4.78 is 19.0. The number of carbonyl (C=O) groups is 1. The monoisotopic (exact) mass is 312 g/mol. The van der Waals surface area contributed by atoms with E-state index in [9.17, 15) is 9.18 Å². The van der Waals surface area contributed by atoms with Crippen LogP contribution in [-0.4, -0.2) is 11.9 Å². The molecule has 23 heavy (non-hydrogen) atoms. The lowest BCUT2D eigenvalue weighted by molar-refractivity contribution is 0.0918. The van der Waals surface area contributed by atoms with Crippen molar-refractivity contribution >= 4 is 5.78 Å². The Hall–Kier alpha value is -2.16. The third-order valence-electron chi connectivity index (χ3n) is 4.58. The van der Waals surface area contributed by atoms with Gasteiger partial charge in [0.05, 0.1) is 0 Å². The van der Waals surface area contributed by atoms with Crippen molar-refractivity contribution in [1.82, 2.24) is 0 Å². The van der Waals surface area contributed by atoms with E-state index in [4.69, 9.17) is 4.74 Å². The first-order chi connectivity index (χ1) is 11.1. The summed E-state index contributed by atoms with van der Waals surface area (Å²) in [7, 11) is 0. The number of benzene rings is 2. The van der Waals surface area contributed by atoms with Gasteiger partial charge in [0.15, 0.2) is 5.78 Å². The number of para-hydroxylation sites is 1. The van der Waals surface area contributed by atoms with Crippen molar-refractivity contribution in [3.8, 4) is 5.75 Å². The SMILES string of the molecule is CC(CCC(=O)c1ccc(F)cc1)C1CCc2ccccc2O1. The quantitative estimate of drug-likeness (QED) is 0.740. The van der Waals surface area contributed by atoms with Gasteiger partial charge in [-0.2, -0.15) is 0 Å². The molecule has 3 heteroatoms. The lowest BCUT2D eigenvalue weighted by atomic mass is 9.90. The van der Waals surface area contributed by atoms with E-state index in [1.54, 1.807) is 12.1 Å². The zero-order chi connectivity index (χ0) is 16.2. The van der Waals surface area contributed by atoms with E-state index in [0.717, 1.165) is 25.0 Å². The van der Waals surface area contributed by atoms with Crippen LogP contribution in [0.4, 0.5) is 4.39 Å². The van der Waals surface area contributed by atoms with Crippen molar-refractivity contribution < 1.29 is 13.9 Å².